The van der Waals surface area contributed by atoms with Gasteiger partial charge in [0.25, 0.3) is 0 Å². The number of thiazole rings is 1. The number of hydrogen-bond donors (Lipinski definition) is 1. The van der Waals surface area contributed by atoms with Crippen LogP contribution in [0.25, 0.3) is 0 Å². The number of hydrogen-bond acceptors (Lipinski definition) is 6. The second kappa shape index (κ2) is 5.48. The fourth-order valence-corrected chi connectivity index (χ4v) is 3.21. The van der Waals surface area contributed by atoms with Crippen LogP contribution in [0.1, 0.15) is 35.1 Å². The van der Waals surface area contributed by atoms with Crippen molar-refractivity contribution in [2.45, 2.75) is 31.4 Å². The summed E-state index contributed by atoms with van der Waals surface area (Å²) in [6.07, 6.45) is 4.67. The largest absolute Gasteiger partial charge is 0.461 e. The number of carbonyl (C=O) groups excluding carboxylic acids is 1. The SMILES string of the molecule is CCOC(=O)c1nc(NCC2(SC)CC2)sc1C. The Morgan fingerprint density at radius 3 is 2.89 bits per heavy atom. The molecule has 1 aromatic rings. The Morgan fingerprint density at radius 2 is 2.33 bits per heavy atom. The molecule has 1 aliphatic carbocycles. The molecule has 6 heteroatoms. The van der Waals surface area contributed by atoms with Crippen molar-refractivity contribution in [3.05, 3.63) is 10.6 Å². The zero-order valence-electron chi connectivity index (χ0n) is 10.9. The molecule has 0 bridgehead atoms. The van der Waals surface area contributed by atoms with Crippen LogP contribution >= 0.6 is 23.1 Å². The van der Waals surface area contributed by atoms with Gasteiger partial charge in [-0.2, -0.15) is 11.8 Å². The molecule has 0 aliphatic heterocycles. The first-order valence-corrected chi connectivity index (χ1v) is 8.08. The van der Waals surface area contributed by atoms with Crippen molar-refractivity contribution in [2.75, 3.05) is 24.7 Å². The zero-order chi connectivity index (χ0) is 13.2. The molecule has 1 aliphatic rings. The number of nitrogens with zero attached hydrogens (tertiary/aromatic N) is 1. The molecule has 1 fully saturated rings. The lowest BCUT2D eigenvalue weighted by molar-refractivity contribution is 0.0519. The van der Waals surface area contributed by atoms with Gasteiger partial charge in [0.2, 0.25) is 0 Å². The van der Waals surface area contributed by atoms with Gasteiger partial charge in [-0.05, 0) is 32.9 Å². The Hall–Kier alpha value is -0.750. The van der Waals surface area contributed by atoms with Gasteiger partial charge in [0.05, 0.1) is 6.61 Å². The van der Waals surface area contributed by atoms with E-state index in [1.165, 1.54) is 24.2 Å². The molecular formula is C12H18N2O2S2. The number of thioether (sulfide) groups is 1. The fraction of sp³-hybridized carbons (Fsp3) is 0.667. The summed E-state index contributed by atoms with van der Waals surface area (Å²) in [6.45, 7) is 5.00. The smallest absolute Gasteiger partial charge is 0.358 e. The van der Waals surface area contributed by atoms with Crippen molar-refractivity contribution in [3.8, 4) is 0 Å². The topological polar surface area (TPSA) is 51.2 Å². The van der Waals surface area contributed by atoms with Gasteiger partial charge in [-0.3, -0.25) is 0 Å². The third kappa shape index (κ3) is 2.98. The van der Waals surface area contributed by atoms with E-state index in [0.717, 1.165) is 16.6 Å². The molecule has 0 unspecified atom stereocenters. The van der Waals surface area contributed by atoms with Gasteiger partial charge in [-0.1, -0.05) is 0 Å². The van der Waals surface area contributed by atoms with E-state index in [1.54, 1.807) is 6.92 Å². The average Bonchev–Trinajstić information content (AvgIpc) is 3.04. The lowest BCUT2D eigenvalue weighted by Crippen LogP contribution is -2.17. The minimum Gasteiger partial charge on any atom is -0.461 e. The van der Waals surface area contributed by atoms with E-state index in [-0.39, 0.29) is 5.97 Å². The molecule has 18 heavy (non-hydrogen) atoms. The third-order valence-corrected chi connectivity index (χ3v) is 5.41. The summed E-state index contributed by atoms with van der Waals surface area (Å²) in [6, 6.07) is 0. The third-order valence-electron chi connectivity index (χ3n) is 3.07. The maximum Gasteiger partial charge on any atom is 0.358 e. The predicted molar refractivity (Wildman–Crippen MR) is 76.8 cm³/mol. The van der Waals surface area contributed by atoms with E-state index in [2.05, 4.69) is 16.6 Å². The van der Waals surface area contributed by atoms with Crippen molar-refractivity contribution in [1.82, 2.24) is 4.98 Å². The van der Waals surface area contributed by atoms with Gasteiger partial charge in [0.1, 0.15) is 0 Å². The van der Waals surface area contributed by atoms with E-state index in [4.69, 9.17) is 4.74 Å². The van der Waals surface area contributed by atoms with Crippen LogP contribution < -0.4 is 5.32 Å². The minimum atomic E-state index is -0.328. The highest BCUT2D eigenvalue weighted by molar-refractivity contribution is 8.00. The van der Waals surface area contributed by atoms with Gasteiger partial charge in [0.15, 0.2) is 10.8 Å². The predicted octanol–water partition coefficient (Wildman–Crippen LogP) is 2.94. The highest BCUT2D eigenvalue weighted by Crippen LogP contribution is 2.47. The van der Waals surface area contributed by atoms with Crippen LogP contribution in [0.5, 0.6) is 0 Å². The molecule has 100 valence electrons. The van der Waals surface area contributed by atoms with E-state index in [1.807, 2.05) is 18.7 Å². The highest BCUT2D eigenvalue weighted by Gasteiger charge is 2.41. The van der Waals surface area contributed by atoms with E-state index >= 15 is 0 Å². The fourth-order valence-electron chi connectivity index (χ4n) is 1.69. The normalized spacial score (nSPS) is 16.4. The number of aromatic nitrogens is 1. The van der Waals surface area contributed by atoms with Crippen LogP contribution in [-0.4, -0.2) is 35.1 Å². The summed E-state index contributed by atoms with van der Waals surface area (Å²) >= 11 is 3.42. The van der Waals surface area contributed by atoms with Gasteiger partial charge >= 0.3 is 5.97 Å². The summed E-state index contributed by atoms with van der Waals surface area (Å²) in [5.74, 6) is -0.328. The van der Waals surface area contributed by atoms with Gasteiger partial charge in [-0.25, -0.2) is 9.78 Å². The van der Waals surface area contributed by atoms with Crippen LogP contribution in [0.4, 0.5) is 5.13 Å². The molecule has 0 saturated heterocycles. The van der Waals surface area contributed by atoms with Crippen molar-refractivity contribution in [3.63, 3.8) is 0 Å². The molecule has 1 heterocycles. The molecular weight excluding hydrogens is 268 g/mol. The maximum atomic E-state index is 11.6. The molecule has 4 nitrogen and oxygen atoms in total. The van der Waals surface area contributed by atoms with Crippen LogP contribution in [-0.2, 0) is 4.74 Å². The van der Waals surface area contributed by atoms with Crippen LogP contribution in [0.3, 0.4) is 0 Å². The molecule has 0 aromatic carbocycles. The van der Waals surface area contributed by atoms with E-state index < -0.39 is 0 Å². The summed E-state index contributed by atoms with van der Waals surface area (Å²) in [5.41, 5.74) is 0.443. The van der Waals surface area contributed by atoms with E-state index in [9.17, 15) is 4.79 Å². The Bertz CT molecular complexity index is 441. The Labute approximate surface area is 116 Å². The van der Waals surface area contributed by atoms with Crippen LogP contribution in [0.15, 0.2) is 0 Å². The second-order valence-corrected chi connectivity index (χ2v) is 6.86. The monoisotopic (exact) mass is 286 g/mol. The van der Waals surface area contributed by atoms with E-state index in [0.29, 0.717) is 17.0 Å². The lowest BCUT2D eigenvalue weighted by atomic mass is 10.4. The molecule has 0 amide bonds. The Kier molecular flexibility index (Phi) is 4.17. The van der Waals surface area contributed by atoms with Crippen molar-refractivity contribution < 1.29 is 9.53 Å². The van der Waals surface area contributed by atoms with Gasteiger partial charge in [0, 0.05) is 16.2 Å². The summed E-state index contributed by atoms with van der Waals surface area (Å²) in [5, 5.41) is 4.15. The first-order valence-electron chi connectivity index (χ1n) is 6.04. The number of nitrogens with one attached hydrogen (secondary N) is 1. The number of aryl methyl sites for hydroxylation is 1. The lowest BCUT2D eigenvalue weighted by Gasteiger charge is -2.11. The van der Waals surface area contributed by atoms with Crippen molar-refractivity contribution in [2.24, 2.45) is 0 Å². The summed E-state index contributed by atoms with van der Waals surface area (Å²) in [4.78, 5) is 16.9. The first-order chi connectivity index (χ1) is 8.60. The maximum absolute atomic E-state index is 11.6. The highest BCUT2D eigenvalue weighted by atomic mass is 32.2. The van der Waals surface area contributed by atoms with Gasteiger partial charge < -0.3 is 10.1 Å². The summed E-state index contributed by atoms with van der Waals surface area (Å²) in [7, 11) is 0. The Morgan fingerprint density at radius 1 is 1.61 bits per heavy atom. The van der Waals surface area contributed by atoms with Crippen molar-refractivity contribution in [1.29, 1.82) is 0 Å². The average molecular weight is 286 g/mol. The first kappa shape index (κ1) is 13.7. The molecule has 0 spiro atoms. The zero-order valence-corrected chi connectivity index (χ0v) is 12.5. The molecule has 0 atom stereocenters. The summed E-state index contributed by atoms with van der Waals surface area (Å²) < 4.78 is 5.37. The quantitative estimate of drug-likeness (QED) is 0.815. The number of rotatable bonds is 6. The minimum absolute atomic E-state index is 0.328. The molecule has 1 N–H and O–H groups in total. The molecule has 0 radical (unpaired) electrons. The number of ether oxygens (including phenoxy) is 1. The molecule has 1 saturated carbocycles. The standard InChI is InChI=1S/C12H18N2O2S2/c1-4-16-10(15)9-8(2)18-11(14-9)13-7-12(17-3)5-6-12/h4-7H2,1-3H3,(H,13,14). The van der Waals surface area contributed by atoms with Crippen molar-refractivity contribution >= 4 is 34.2 Å². The molecule has 1 aromatic heterocycles. The van der Waals surface area contributed by atoms with Crippen LogP contribution in [0, 0.1) is 6.92 Å². The van der Waals surface area contributed by atoms with Gasteiger partial charge in [-0.15, -0.1) is 11.3 Å². The second-order valence-electron chi connectivity index (χ2n) is 4.38. The molecule has 2 rings (SSSR count). The number of carbonyl (C=O) groups is 1. The number of anilines is 1. The Balaban J connectivity index is 1.98. The van der Waals surface area contributed by atoms with Crippen LogP contribution in [0.2, 0.25) is 0 Å². The number of esters is 1.